The smallest absolute Gasteiger partial charge is 0.254 e. The molecule has 0 radical (unpaired) electrons. The second-order valence-corrected chi connectivity index (χ2v) is 5.77. The Hall–Kier alpha value is -1.56. The molecule has 108 valence electrons. The molecule has 20 heavy (non-hydrogen) atoms. The van der Waals surface area contributed by atoms with Gasteiger partial charge >= 0.3 is 0 Å². The van der Waals surface area contributed by atoms with Crippen LogP contribution in [0.15, 0.2) is 22.7 Å². The average Bonchev–Trinajstić information content (AvgIpc) is 2.95. The van der Waals surface area contributed by atoms with Crippen LogP contribution in [0, 0.1) is 0 Å². The Labute approximate surface area is 126 Å². The fraction of sp³-hybridized carbons (Fsp3) is 0.429. The molecular weight excluding hydrogens is 324 g/mol. The highest BCUT2D eigenvalue weighted by Crippen LogP contribution is 2.24. The van der Waals surface area contributed by atoms with E-state index in [1.807, 2.05) is 0 Å². The number of halogens is 1. The molecule has 6 heteroatoms. The zero-order valence-electron chi connectivity index (χ0n) is 11.3. The Morgan fingerprint density at radius 3 is 2.60 bits per heavy atom. The van der Waals surface area contributed by atoms with Crippen molar-refractivity contribution in [1.82, 2.24) is 9.80 Å². The van der Waals surface area contributed by atoms with E-state index < -0.39 is 0 Å². The van der Waals surface area contributed by atoms with Gasteiger partial charge in [0.05, 0.1) is 11.0 Å². The molecule has 1 heterocycles. The molecule has 1 aliphatic rings. The lowest BCUT2D eigenvalue weighted by molar-refractivity contribution is -0.130. The molecule has 0 aliphatic carbocycles. The van der Waals surface area contributed by atoms with Gasteiger partial charge in [0.2, 0.25) is 5.91 Å². The lowest BCUT2D eigenvalue weighted by atomic mass is 10.2. The number of carbonyl (C=O) groups is 2. The summed E-state index contributed by atoms with van der Waals surface area (Å²) in [5.74, 6) is -0.296. The highest BCUT2D eigenvalue weighted by Gasteiger charge is 2.22. The molecule has 1 N–H and O–H groups in total. The van der Waals surface area contributed by atoms with E-state index in [0.29, 0.717) is 10.0 Å². The molecule has 2 rings (SSSR count). The number of likely N-dealkylation sites (N-methyl/N-ethyl adjacent to an activating group) is 1. The number of nitrogens with zero attached hydrogens (tertiary/aromatic N) is 2. The summed E-state index contributed by atoms with van der Waals surface area (Å²) in [5, 5.41) is 9.59. The number of phenols is 1. The van der Waals surface area contributed by atoms with E-state index in [9.17, 15) is 14.7 Å². The van der Waals surface area contributed by atoms with Gasteiger partial charge in [0.25, 0.3) is 5.91 Å². The first kappa shape index (κ1) is 14.8. The third kappa shape index (κ3) is 3.30. The molecule has 5 nitrogen and oxygen atoms in total. The van der Waals surface area contributed by atoms with Crippen LogP contribution in [0.1, 0.15) is 23.2 Å². The highest BCUT2D eigenvalue weighted by atomic mass is 79.9. The van der Waals surface area contributed by atoms with Crippen molar-refractivity contribution in [3.63, 3.8) is 0 Å². The third-order valence-electron chi connectivity index (χ3n) is 3.37. The normalized spacial score (nSPS) is 14.4. The second kappa shape index (κ2) is 6.26. The summed E-state index contributed by atoms with van der Waals surface area (Å²) >= 11 is 3.16. The van der Waals surface area contributed by atoms with Crippen LogP contribution >= 0.6 is 15.9 Å². The van der Waals surface area contributed by atoms with E-state index in [1.54, 1.807) is 24.1 Å². The van der Waals surface area contributed by atoms with Crippen molar-refractivity contribution in [3.05, 3.63) is 28.2 Å². The maximum Gasteiger partial charge on any atom is 0.254 e. The van der Waals surface area contributed by atoms with E-state index in [1.165, 1.54) is 11.0 Å². The van der Waals surface area contributed by atoms with Crippen molar-refractivity contribution >= 4 is 27.7 Å². The van der Waals surface area contributed by atoms with E-state index >= 15 is 0 Å². The first-order valence-electron chi connectivity index (χ1n) is 6.51. The minimum atomic E-state index is -0.277. The largest absolute Gasteiger partial charge is 0.507 e. The number of hydrogen-bond donors (Lipinski definition) is 1. The van der Waals surface area contributed by atoms with Crippen molar-refractivity contribution in [1.29, 1.82) is 0 Å². The quantitative estimate of drug-likeness (QED) is 0.913. The SMILES string of the molecule is CN(CC(=O)N1CCCC1)C(=O)c1ccc(Br)c(O)c1. The first-order chi connectivity index (χ1) is 9.49. The Bertz CT molecular complexity index is 527. The summed E-state index contributed by atoms with van der Waals surface area (Å²) in [4.78, 5) is 27.3. The maximum absolute atomic E-state index is 12.2. The number of aromatic hydroxyl groups is 1. The molecule has 1 aliphatic heterocycles. The molecule has 0 spiro atoms. The van der Waals surface area contributed by atoms with E-state index in [2.05, 4.69) is 15.9 Å². The zero-order chi connectivity index (χ0) is 14.7. The van der Waals surface area contributed by atoms with Crippen LogP contribution in [0.4, 0.5) is 0 Å². The fourth-order valence-corrected chi connectivity index (χ4v) is 2.45. The number of carbonyl (C=O) groups excluding carboxylic acids is 2. The van der Waals surface area contributed by atoms with Crippen LogP contribution in [-0.2, 0) is 4.79 Å². The van der Waals surface area contributed by atoms with Gasteiger partial charge in [-0.2, -0.15) is 0 Å². The molecule has 1 aromatic carbocycles. The van der Waals surface area contributed by atoms with Crippen LogP contribution < -0.4 is 0 Å². The summed E-state index contributed by atoms with van der Waals surface area (Å²) in [6, 6.07) is 4.62. The Balaban J connectivity index is 2.00. The zero-order valence-corrected chi connectivity index (χ0v) is 12.9. The van der Waals surface area contributed by atoms with Gasteiger partial charge in [0.1, 0.15) is 5.75 Å². The average molecular weight is 341 g/mol. The molecule has 0 saturated carbocycles. The molecule has 1 fully saturated rings. The van der Waals surface area contributed by atoms with Crippen LogP contribution in [0.5, 0.6) is 5.75 Å². The van der Waals surface area contributed by atoms with Crippen molar-refractivity contribution in [2.45, 2.75) is 12.8 Å². The molecule has 0 bridgehead atoms. The maximum atomic E-state index is 12.2. The monoisotopic (exact) mass is 340 g/mol. The molecule has 1 saturated heterocycles. The molecule has 0 atom stereocenters. The van der Waals surface area contributed by atoms with Gasteiger partial charge in [-0.25, -0.2) is 0 Å². The molecule has 0 aromatic heterocycles. The summed E-state index contributed by atoms with van der Waals surface area (Å²) in [6.45, 7) is 1.62. The lowest BCUT2D eigenvalue weighted by Gasteiger charge is -2.21. The molecule has 2 amide bonds. The summed E-state index contributed by atoms with van der Waals surface area (Å²) in [5.41, 5.74) is 0.363. The molecule has 1 aromatic rings. The van der Waals surface area contributed by atoms with Crippen LogP contribution in [-0.4, -0.2) is 53.4 Å². The van der Waals surface area contributed by atoms with E-state index in [4.69, 9.17) is 0 Å². The summed E-state index contributed by atoms with van der Waals surface area (Å²) in [6.07, 6.45) is 2.06. The minimum Gasteiger partial charge on any atom is -0.507 e. The van der Waals surface area contributed by atoms with Gasteiger partial charge < -0.3 is 14.9 Å². The third-order valence-corrected chi connectivity index (χ3v) is 4.04. The van der Waals surface area contributed by atoms with Crippen molar-refractivity contribution in [3.8, 4) is 5.75 Å². The Morgan fingerprint density at radius 1 is 1.35 bits per heavy atom. The second-order valence-electron chi connectivity index (χ2n) is 4.92. The van der Waals surface area contributed by atoms with Gasteiger partial charge in [-0.15, -0.1) is 0 Å². The Kier molecular flexibility index (Phi) is 4.65. The molecule has 0 unspecified atom stereocenters. The molecular formula is C14H17BrN2O3. The van der Waals surface area contributed by atoms with E-state index in [-0.39, 0.29) is 24.1 Å². The predicted octanol–water partition coefficient (Wildman–Crippen LogP) is 1.85. The van der Waals surface area contributed by atoms with Crippen LogP contribution in [0.25, 0.3) is 0 Å². The van der Waals surface area contributed by atoms with Crippen molar-refractivity contribution in [2.75, 3.05) is 26.7 Å². The van der Waals surface area contributed by atoms with Gasteiger partial charge in [-0.05, 0) is 47.0 Å². The topological polar surface area (TPSA) is 60.9 Å². The number of amides is 2. The van der Waals surface area contributed by atoms with Gasteiger partial charge in [0, 0.05) is 25.7 Å². The van der Waals surface area contributed by atoms with Gasteiger partial charge in [-0.3, -0.25) is 9.59 Å². The van der Waals surface area contributed by atoms with Gasteiger partial charge in [0.15, 0.2) is 0 Å². The van der Waals surface area contributed by atoms with Crippen molar-refractivity contribution in [2.24, 2.45) is 0 Å². The first-order valence-corrected chi connectivity index (χ1v) is 7.30. The van der Waals surface area contributed by atoms with Crippen LogP contribution in [0.2, 0.25) is 0 Å². The number of rotatable bonds is 3. The number of benzene rings is 1. The fourth-order valence-electron chi connectivity index (χ4n) is 2.21. The number of hydrogen-bond acceptors (Lipinski definition) is 3. The number of phenolic OH excluding ortho intramolecular Hbond substituents is 1. The van der Waals surface area contributed by atoms with Gasteiger partial charge in [-0.1, -0.05) is 0 Å². The van der Waals surface area contributed by atoms with Crippen molar-refractivity contribution < 1.29 is 14.7 Å². The predicted molar refractivity (Wildman–Crippen MR) is 78.6 cm³/mol. The summed E-state index contributed by atoms with van der Waals surface area (Å²) in [7, 11) is 1.59. The minimum absolute atomic E-state index is 0.00937. The summed E-state index contributed by atoms with van der Waals surface area (Å²) < 4.78 is 0.532. The Morgan fingerprint density at radius 2 is 2.00 bits per heavy atom. The van der Waals surface area contributed by atoms with E-state index in [0.717, 1.165) is 25.9 Å². The standard InChI is InChI=1S/C14H17BrN2O3/c1-16(9-13(19)17-6-2-3-7-17)14(20)10-4-5-11(15)12(18)8-10/h4-5,8,18H,2-3,6-7,9H2,1H3. The van der Waals surface area contributed by atoms with Crippen LogP contribution in [0.3, 0.4) is 0 Å². The number of likely N-dealkylation sites (tertiary alicyclic amines) is 1. The lowest BCUT2D eigenvalue weighted by Crippen LogP contribution is -2.39. The highest BCUT2D eigenvalue weighted by molar-refractivity contribution is 9.10.